The van der Waals surface area contributed by atoms with Crippen molar-refractivity contribution in [2.24, 2.45) is 0 Å². The Morgan fingerprint density at radius 1 is 1.38 bits per heavy atom. The topological polar surface area (TPSA) is 40.7 Å². The first kappa shape index (κ1) is 15.5. The number of H-pyrrole nitrogens is 1. The second-order valence-corrected chi connectivity index (χ2v) is 3.63. The quantitative estimate of drug-likeness (QED) is 0.909. The summed E-state index contributed by atoms with van der Waals surface area (Å²) in [6, 6.07) is 5.68. The number of fused-ring (bicyclic) bond motifs is 1. The molecule has 0 bridgehead atoms. The summed E-state index contributed by atoms with van der Waals surface area (Å²) in [7, 11) is 1.93. The molecule has 0 atom stereocenters. The number of hydrogen-bond donors (Lipinski definition) is 2. The molecule has 0 aliphatic heterocycles. The van der Waals surface area contributed by atoms with Crippen LogP contribution in [0.2, 0.25) is 5.02 Å². The maximum atomic E-state index is 5.87. The third kappa shape index (κ3) is 3.52. The molecule has 0 radical (unpaired) electrons. The van der Waals surface area contributed by atoms with Gasteiger partial charge in [-0.15, -0.1) is 24.8 Å². The highest BCUT2D eigenvalue weighted by atomic mass is 35.5. The van der Waals surface area contributed by atoms with Gasteiger partial charge in [0.05, 0.1) is 11.0 Å². The van der Waals surface area contributed by atoms with Crippen LogP contribution in [0.1, 0.15) is 5.82 Å². The lowest BCUT2D eigenvalue weighted by Crippen LogP contribution is -2.10. The highest BCUT2D eigenvalue weighted by molar-refractivity contribution is 6.31. The summed E-state index contributed by atoms with van der Waals surface area (Å²) in [5.74, 6) is 0.997. The molecule has 0 amide bonds. The average Bonchev–Trinajstić information content (AvgIpc) is 2.56. The van der Waals surface area contributed by atoms with E-state index in [1.807, 2.05) is 25.2 Å². The van der Waals surface area contributed by atoms with Gasteiger partial charge in [0, 0.05) is 18.0 Å². The molecule has 6 heteroatoms. The maximum Gasteiger partial charge on any atom is 0.108 e. The van der Waals surface area contributed by atoms with Crippen LogP contribution in [-0.4, -0.2) is 23.6 Å². The Hall–Kier alpha value is -0.480. The molecule has 90 valence electrons. The third-order valence-corrected chi connectivity index (χ3v) is 2.34. The largest absolute Gasteiger partial charge is 0.342 e. The lowest BCUT2D eigenvalue weighted by Gasteiger charge is -1.93. The Balaban J connectivity index is 0.00000112. The van der Waals surface area contributed by atoms with E-state index in [2.05, 4.69) is 15.3 Å². The Morgan fingerprint density at radius 2 is 2.12 bits per heavy atom. The molecule has 16 heavy (non-hydrogen) atoms. The minimum absolute atomic E-state index is 0. The van der Waals surface area contributed by atoms with Crippen LogP contribution >= 0.6 is 36.4 Å². The predicted molar refractivity (Wildman–Crippen MR) is 73.2 cm³/mol. The molecule has 3 nitrogen and oxygen atoms in total. The van der Waals surface area contributed by atoms with Crippen LogP contribution in [0, 0.1) is 0 Å². The average molecular weight is 283 g/mol. The smallest absolute Gasteiger partial charge is 0.108 e. The first-order valence-corrected chi connectivity index (χ1v) is 4.96. The molecule has 1 aromatic carbocycles. The van der Waals surface area contributed by atoms with E-state index in [-0.39, 0.29) is 24.8 Å². The molecule has 0 saturated carbocycles. The Labute approximate surface area is 112 Å². The molecule has 2 N–H and O–H groups in total. The van der Waals surface area contributed by atoms with Gasteiger partial charge in [-0.1, -0.05) is 11.6 Å². The molecule has 1 aromatic heterocycles. The zero-order valence-corrected chi connectivity index (χ0v) is 11.2. The molecule has 0 saturated heterocycles. The molecule has 0 spiro atoms. The van der Waals surface area contributed by atoms with E-state index in [9.17, 15) is 0 Å². The molecule has 2 rings (SSSR count). The van der Waals surface area contributed by atoms with Crippen LogP contribution < -0.4 is 5.32 Å². The highest BCUT2D eigenvalue weighted by Crippen LogP contribution is 2.17. The minimum atomic E-state index is 0. The van der Waals surface area contributed by atoms with Crippen molar-refractivity contribution in [2.45, 2.75) is 6.42 Å². The van der Waals surface area contributed by atoms with E-state index in [1.54, 1.807) is 0 Å². The standard InChI is InChI=1S/C10H12ClN3.2ClH/c1-12-5-4-10-13-8-3-2-7(11)6-9(8)14-10;;/h2-3,6,12H,4-5H2,1H3,(H,13,14);2*1H. The molecule has 0 fully saturated rings. The van der Waals surface area contributed by atoms with Crippen LogP contribution in [-0.2, 0) is 6.42 Å². The fourth-order valence-electron chi connectivity index (χ4n) is 1.40. The Kier molecular flexibility index (Phi) is 6.76. The van der Waals surface area contributed by atoms with Crippen molar-refractivity contribution in [3.05, 3.63) is 29.0 Å². The van der Waals surface area contributed by atoms with Crippen molar-refractivity contribution in [2.75, 3.05) is 13.6 Å². The summed E-state index contributed by atoms with van der Waals surface area (Å²) in [5, 5.41) is 3.82. The summed E-state index contributed by atoms with van der Waals surface area (Å²) in [4.78, 5) is 7.67. The van der Waals surface area contributed by atoms with Crippen molar-refractivity contribution in [3.8, 4) is 0 Å². The van der Waals surface area contributed by atoms with Crippen LogP contribution in [0.25, 0.3) is 11.0 Å². The zero-order valence-electron chi connectivity index (χ0n) is 8.79. The van der Waals surface area contributed by atoms with Gasteiger partial charge in [0.25, 0.3) is 0 Å². The Morgan fingerprint density at radius 3 is 2.81 bits per heavy atom. The van der Waals surface area contributed by atoms with Crippen LogP contribution in [0.4, 0.5) is 0 Å². The number of hydrogen-bond acceptors (Lipinski definition) is 2. The normalized spacial score (nSPS) is 9.62. The van der Waals surface area contributed by atoms with Gasteiger partial charge in [-0.2, -0.15) is 0 Å². The van der Waals surface area contributed by atoms with E-state index >= 15 is 0 Å². The minimum Gasteiger partial charge on any atom is -0.342 e. The second-order valence-electron chi connectivity index (χ2n) is 3.20. The van der Waals surface area contributed by atoms with Gasteiger partial charge in [0.15, 0.2) is 0 Å². The third-order valence-electron chi connectivity index (χ3n) is 2.10. The molecule has 0 aliphatic rings. The van der Waals surface area contributed by atoms with Crippen LogP contribution in [0.15, 0.2) is 18.2 Å². The molecular formula is C10H14Cl3N3. The molecule has 2 aromatic rings. The number of aromatic nitrogens is 2. The van der Waals surface area contributed by atoms with E-state index in [1.165, 1.54) is 0 Å². The summed E-state index contributed by atoms with van der Waals surface area (Å²) in [6.07, 6.45) is 0.906. The van der Waals surface area contributed by atoms with Crippen molar-refractivity contribution < 1.29 is 0 Å². The number of imidazole rings is 1. The number of likely N-dealkylation sites (N-methyl/N-ethyl adjacent to an activating group) is 1. The first-order valence-electron chi connectivity index (χ1n) is 4.58. The number of aromatic amines is 1. The van der Waals surface area contributed by atoms with Gasteiger partial charge in [-0.05, 0) is 25.2 Å². The van der Waals surface area contributed by atoms with Gasteiger partial charge in [-0.25, -0.2) is 4.98 Å². The number of nitrogens with one attached hydrogen (secondary N) is 2. The van der Waals surface area contributed by atoms with E-state index in [0.29, 0.717) is 0 Å². The van der Waals surface area contributed by atoms with Gasteiger partial charge in [-0.3, -0.25) is 0 Å². The van der Waals surface area contributed by atoms with Crippen molar-refractivity contribution in [1.82, 2.24) is 15.3 Å². The Bertz CT molecular complexity index is 442. The zero-order chi connectivity index (χ0) is 9.97. The predicted octanol–water partition coefficient (Wildman–Crippen LogP) is 2.82. The molecule has 1 heterocycles. The number of benzene rings is 1. The summed E-state index contributed by atoms with van der Waals surface area (Å²) in [5.41, 5.74) is 1.98. The summed E-state index contributed by atoms with van der Waals surface area (Å²) >= 11 is 5.87. The van der Waals surface area contributed by atoms with Crippen molar-refractivity contribution in [1.29, 1.82) is 0 Å². The number of halogens is 3. The molecule has 0 aliphatic carbocycles. The SMILES string of the molecule is CNCCc1nc2ccc(Cl)cc2[nH]1.Cl.Cl. The maximum absolute atomic E-state index is 5.87. The van der Waals surface area contributed by atoms with E-state index in [4.69, 9.17) is 11.6 Å². The van der Waals surface area contributed by atoms with Gasteiger partial charge in [0.2, 0.25) is 0 Å². The van der Waals surface area contributed by atoms with Gasteiger partial charge in [0.1, 0.15) is 5.82 Å². The fraction of sp³-hybridized carbons (Fsp3) is 0.300. The van der Waals surface area contributed by atoms with E-state index in [0.717, 1.165) is 34.8 Å². The monoisotopic (exact) mass is 281 g/mol. The summed E-state index contributed by atoms with van der Waals surface area (Å²) < 4.78 is 0. The van der Waals surface area contributed by atoms with Crippen molar-refractivity contribution >= 4 is 47.4 Å². The van der Waals surface area contributed by atoms with Gasteiger partial charge < -0.3 is 10.3 Å². The molecule has 0 unspecified atom stereocenters. The second kappa shape index (κ2) is 6.97. The summed E-state index contributed by atoms with van der Waals surface area (Å²) in [6.45, 7) is 0.924. The number of nitrogens with zero attached hydrogens (tertiary/aromatic N) is 1. The van der Waals surface area contributed by atoms with Crippen LogP contribution in [0.5, 0.6) is 0 Å². The van der Waals surface area contributed by atoms with E-state index < -0.39 is 0 Å². The lowest BCUT2D eigenvalue weighted by atomic mass is 10.3. The molecular weight excluding hydrogens is 268 g/mol. The highest BCUT2D eigenvalue weighted by Gasteiger charge is 2.01. The van der Waals surface area contributed by atoms with Crippen LogP contribution in [0.3, 0.4) is 0 Å². The lowest BCUT2D eigenvalue weighted by molar-refractivity contribution is 0.766. The number of rotatable bonds is 3. The van der Waals surface area contributed by atoms with Crippen molar-refractivity contribution in [3.63, 3.8) is 0 Å². The first-order chi connectivity index (χ1) is 6.79. The fourth-order valence-corrected chi connectivity index (χ4v) is 1.57. The van der Waals surface area contributed by atoms with Gasteiger partial charge >= 0.3 is 0 Å².